The zero-order chi connectivity index (χ0) is 14.0. The fourth-order valence-corrected chi connectivity index (χ4v) is 1.94. The first kappa shape index (κ1) is 13.2. The summed E-state index contributed by atoms with van der Waals surface area (Å²) in [5.41, 5.74) is 0.428. The highest BCUT2D eigenvalue weighted by atomic mass is 79.9. The summed E-state index contributed by atoms with van der Waals surface area (Å²) >= 11 is 3.23. The van der Waals surface area contributed by atoms with E-state index in [0.717, 1.165) is 4.47 Å². The molecule has 1 aromatic rings. The van der Waals surface area contributed by atoms with Crippen molar-refractivity contribution in [1.82, 2.24) is 10.6 Å². The van der Waals surface area contributed by atoms with Gasteiger partial charge >= 0.3 is 6.03 Å². The molecule has 0 saturated carbocycles. The third-order valence-corrected chi connectivity index (χ3v) is 2.85. The van der Waals surface area contributed by atoms with Gasteiger partial charge in [0, 0.05) is 10.2 Å². The van der Waals surface area contributed by atoms with Crippen molar-refractivity contribution in [3.8, 4) is 0 Å². The first-order valence-corrected chi connectivity index (χ1v) is 5.99. The minimum absolute atomic E-state index is 0.428. The quantitative estimate of drug-likeness (QED) is 0.683. The van der Waals surface area contributed by atoms with E-state index in [1.165, 1.54) is 0 Å². The summed E-state index contributed by atoms with van der Waals surface area (Å²) in [6.45, 7) is 0. The first-order chi connectivity index (χ1) is 8.97. The minimum atomic E-state index is -1.59. The number of urea groups is 1. The van der Waals surface area contributed by atoms with Crippen LogP contribution in [0, 0.1) is 5.92 Å². The fourth-order valence-electron chi connectivity index (χ4n) is 1.54. The number of hydrogen-bond donors (Lipinski definition) is 3. The number of anilines is 1. The number of hydrogen-bond acceptors (Lipinski definition) is 4. The van der Waals surface area contributed by atoms with E-state index in [1.807, 2.05) is 10.6 Å². The van der Waals surface area contributed by atoms with Gasteiger partial charge in [-0.15, -0.1) is 0 Å². The molecule has 1 heterocycles. The van der Waals surface area contributed by atoms with Crippen LogP contribution in [-0.2, 0) is 14.4 Å². The topological polar surface area (TPSA) is 104 Å². The molecule has 98 valence electrons. The Bertz CT molecular complexity index is 567. The van der Waals surface area contributed by atoms with Crippen molar-refractivity contribution in [1.29, 1.82) is 0 Å². The van der Waals surface area contributed by atoms with Crippen LogP contribution in [0.1, 0.15) is 0 Å². The van der Waals surface area contributed by atoms with Gasteiger partial charge in [0.2, 0.25) is 17.7 Å². The average Bonchev–Trinajstić information content (AvgIpc) is 2.27. The monoisotopic (exact) mass is 325 g/mol. The molecule has 0 radical (unpaired) electrons. The zero-order valence-electron chi connectivity index (χ0n) is 9.40. The van der Waals surface area contributed by atoms with Crippen LogP contribution in [0.3, 0.4) is 0 Å². The third kappa shape index (κ3) is 2.97. The van der Waals surface area contributed by atoms with Crippen molar-refractivity contribution in [2.45, 2.75) is 0 Å². The largest absolute Gasteiger partial charge is 0.328 e. The molecule has 0 spiro atoms. The van der Waals surface area contributed by atoms with Crippen LogP contribution >= 0.6 is 15.9 Å². The van der Waals surface area contributed by atoms with E-state index in [2.05, 4.69) is 21.2 Å². The summed E-state index contributed by atoms with van der Waals surface area (Å²) < 4.78 is 0.734. The Kier molecular flexibility index (Phi) is 3.61. The molecule has 1 aliphatic heterocycles. The predicted molar refractivity (Wildman–Crippen MR) is 67.9 cm³/mol. The molecule has 0 bridgehead atoms. The maximum absolute atomic E-state index is 11.8. The Morgan fingerprint density at radius 1 is 1.16 bits per heavy atom. The van der Waals surface area contributed by atoms with Crippen molar-refractivity contribution in [2.75, 3.05) is 5.32 Å². The Morgan fingerprint density at radius 2 is 1.79 bits per heavy atom. The van der Waals surface area contributed by atoms with Gasteiger partial charge in [0.25, 0.3) is 0 Å². The van der Waals surface area contributed by atoms with Gasteiger partial charge in [0.1, 0.15) is 0 Å². The Balaban J connectivity index is 2.13. The van der Waals surface area contributed by atoms with Crippen LogP contribution in [0.4, 0.5) is 10.5 Å². The molecule has 0 atom stereocenters. The molecule has 1 aromatic carbocycles. The van der Waals surface area contributed by atoms with Crippen LogP contribution in [0.5, 0.6) is 0 Å². The highest BCUT2D eigenvalue weighted by Gasteiger charge is 2.39. The molecule has 8 heteroatoms. The van der Waals surface area contributed by atoms with E-state index < -0.39 is 29.7 Å². The first-order valence-electron chi connectivity index (χ1n) is 5.19. The number of amides is 5. The molecular formula is C11H8BrN3O4. The SMILES string of the molecule is O=C1NC(=O)C(C(=O)Nc2cccc(Br)c2)C(=O)N1. The fraction of sp³-hybridized carbons (Fsp3) is 0.0909. The van der Waals surface area contributed by atoms with Gasteiger partial charge in [0.15, 0.2) is 5.92 Å². The molecule has 19 heavy (non-hydrogen) atoms. The van der Waals surface area contributed by atoms with Gasteiger partial charge in [-0.25, -0.2) is 4.79 Å². The molecule has 0 aliphatic carbocycles. The predicted octanol–water partition coefficient (Wildman–Crippen LogP) is 0.370. The molecule has 1 saturated heterocycles. The number of carbonyl (C=O) groups is 4. The van der Waals surface area contributed by atoms with Crippen molar-refractivity contribution < 1.29 is 19.2 Å². The molecule has 3 N–H and O–H groups in total. The third-order valence-electron chi connectivity index (χ3n) is 2.35. The average molecular weight is 326 g/mol. The number of barbiturate groups is 1. The molecular weight excluding hydrogens is 318 g/mol. The zero-order valence-corrected chi connectivity index (χ0v) is 11.0. The van der Waals surface area contributed by atoms with E-state index in [0.29, 0.717) is 5.69 Å². The highest BCUT2D eigenvalue weighted by Crippen LogP contribution is 2.16. The lowest BCUT2D eigenvalue weighted by Crippen LogP contribution is -2.58. The number of rotatable bonds is 2. The summed E-state index contributed by atoms with van der Waals surface area (Å²) in [6, 6.07) is 5.73. The second-order valence-corrected chi connectivity index (χ2v) is 4.66. The number of halogens is 1. The Morgan fingerprint density at radius 3 is 2.37 bits per heavy atom. The summed E-state index contributed by atoms with van der Waals surface area (Å²) in [7, 11) is 0. The molecule has 2 rings (SSSR count). The van der Waals surface area contributed by atoms with Crippen LogP contribution in [0.25, 0.3) is 0 Å². The molecule has 1 fully saturated rings. The number of carbonyl (C=O) groups excluding carboxylic acids is 4. The molecule has 0 aromatic heterocycles. The molecule has 1 aliphatic rings. The van der Waals surface area contributed by atoms with E-state index in [4.69, 9.17) is 0 Å². The lowest BCUT2D eigenvalue weighted by molar-refractivity contribution is -0.141. The molecule has 5 amide bonds. The minimum Gasteiger partial charge on any atom is -0.325 e. The summed E-state index contributed by atoms with van der Waals surface area (Å²) in [4.78, 5) is 45.6. The Labute approximate surface area is 115 Å². The van der Waals surface area contributed by atoms with E-state index >= 15 is 0 Å². The van der Waals surface area contributed by atoms with E-state index in [9.17, 15) is 19.2 Å². The second-order valence-electron chi connectivity index (χ2n) is 3.74. The number of benzene rings is 1. The smallest absolute Gasteiger partial charge is 0.325 e. The van der Waals surface area contributed by atoms with Crippen molar-refractivity contribution in [2.24, 2.45) is 5.92 Å². The van der Waals surface area contributed by atoms with Crippen LogP contribution in [0.15, 0.2) is 28.7 Å². The van der Waals surface area contributed by atoms with Crippen molar-refractivity contribution >= 4 is 45.4 Å². The van der Waals surface area contributed by atoms with E-state index in [-0.39, 0.29) is 0 Å². The van der Waals surface area contributed by atoms with Crippen molar-refractivity contribution in [3.05, 3.63) is 28.7 Å². The maximum Gasteiger partial charge on any atom is 0.328 e. The van der Waals surface area contributed by atoms with Gasteiger partial charge in [-0.3, -0.25) is 25.0 Å². The maximum atomic E-state index is 11.8. The Hall–Kier alpha value is -2.22. The molecule has 7 nitrogen and oxygen atoms in total. The van der Waals surface area contributed by atoms with E-state index in [1.54, 1.807) is 24.3 Å². The summed E-state index contributed by atoms with van der Waals surface area (Å²) in [5, 5.41) is 6.14. The van der Waals surface area contributed by atoms with Crippen LogP contribution in [-0.4, -0.2) is 23.8 Å². The summed E-state index contributed by atoms with van der Waals surface area (Å²) in [6.07, 6.45) is 0. The summed E-state index contributed by atoms with van der Waals surface area (Å²) in [5.74, 6) is -4.28. The van der Waals surface area contributed by atoms with Crippen LogP contribution in [0.2, 0.25) is 0 Å². The number of nitrogens with one attached hydrogen (secondary N) is 3. The van der Waals surface area contributed by atoms with Gasteiger partial charge in [0.05, 0.1) is 0 Å². The van der Waals surface area contributed by atoms with Crippen molar-refractivity contribution in [3.63, 3.8) is 0 Å². The van der Waals surface area contributed by atoms with Gasteiger partial charge in [-0.2, -0.15) is 0 Å². The standard InChI is InChI=1S/C11H8BrN3O4/c12-5-2-1-3-6(4-5)13-8(16)7-9(17)14-11(19)15-10(7)18/h1-4,7H,(H,13,16)(H2,14,15,17,18,19). The van der Waals surface area contributed by atoms with Gasteiger partial charge < -0.3 is 5.32 Å². The van der Waals surface area contributed by atoms with Gasteiger partial charge in [-0.1, -0.05) is 22.0 Å². The molecule has 0 unspecified atom stereocenters. The lowest BCUT2D eigenvalue weighted by atomic mass is 10.1. The van der Waals surface area contributed by atoms with Gasteiger partial charge in [-0.05, 0) is 18.2 Å². The van der Waals surface area contributed by atoms with Crippen LogP contribution < -0.4 is 16.0 Å². The lowest BCUT2D eigenvalue weighted by Gasteiger charge is -2.19. The normalized spacial score (nSPS) is 15.7. The second kappa shape index (κ2) is 5.19. The highest BCUT2D eigenvalue weighted by molar-refractivity contribution is 9.10. The number of imide groups is 2.